The SMILES string of the molecule is Brc1cc(CNCC2CCCO2)cc(Br)c1OCc1ccccc1. The Bertz CT molecular complexity index is 635. The van der Waals surface area contributed by atoms with Gasteiger partial charge in [0.2, 0.25) is 0 Å². The molecule has 3 rings (SSSR count). The summed E-state index contributed by atoms with van der Waals surface area (Å²) in [7, 11) is 0. The van der Waals surface area contributed by atoms with E-state index in [9.17, 15) is 0 Å². The van der Waals surface area contributed by atoms with Crippen molar-refractivity contribution in [3.8, 4) is 5.75 Å². The van der Waals surface area contributed by atoms with Gasteiger partial charge in [0.1, 0.15) is 12.4 Å². The van der Waals surface area contributed by atoms with Gasteiger partial charge in [-0.2, -0.15) is 0 Å². The van der Waals surface area contributed by atoms with Crippen molar-refractivity contribution in [3.05, 3.63) is 62.5 Å². The lowest BCUT2D eigenvalue weighted by atomic mass is 10.2. The van der Waals surface area contributed by atoms with Gasteiger partial charge in [-0.3, -0.25) is 0 Å². The molecule has 128 valence electrons. The smallest absolute Gasteiger partial charge is 0.148 e. The summed E-state index contributed by atoms with van der Waals surface area (Å²) in [5.74, 6) is 0.835. The van der Waals surface area contributed by atoms with Gasteiger partial charge in [-0.05, 0) is 68.0 Å². The molecule has 5 heteroatoms. The average Bonchev–Trinajstić information content (AvgIpc) is 3.08. The highest BCUT2D eigenvalue weighted by Gasteiger charge is 2.15. The predicted octanol–water partition coefficient (Wildman–Crippen LogP) is 5.06. The summed E-state index contributed by atoms with van der Waals surface area (Å²) in [5, 5.41) is 3.47. The Balaban J connectivity index is 1.56. The Morgan fingerprint density at radius 2 is 1.83 bits per heavy atom. The standard InChI is InChI=1S/C19H21Br2NO2/c20-17-9-15(11-22-12-16-7-4-8-23-16)10-18(21)19(17)24-13-14-5-2-1-3-6-14/h1-3,5-6,9-10,16,22H,4,7-8,11-13H2. The summed E-state index contributed by atoms with van der Waals surface area (Å²) in [6, 6.07) is 14.4. The molecule has 1 heterocycles. The van der Waals surface area contributed by atoms with E-state index in [0.29, 0.717) is 12.7 Å². The van der Waals surface area contributed by atoms with Crippen LogP contribution in [0.3, 0.4) is 0 Å². The first-order chi connectivity index (χ1) is 11.7. The van der Waals surface area contributed by atoms with Crippen molar-refractivity contribution < 1.29 is 9.47 Å². The van der Waals surface area contributed by atoms with Gasteiger partial charge in [-0.25, -0.2) is 0 Å². The van der Waals surface area contributed by atoms with E-state index in [1.807, 2.05) is 18.2 Å². The topological polar surface area (TPSA) is 30.5 Å². The Morgan fingerprint density at radius 1 is 1.08 bits per heavy atom. The zero-order valence-corrected chi connectivity index (χ0v) is 16.6. The van der Waals surface area contributed by atoms with Gasteiger partial charge in [-0.1, -0.05) is 30.3 Å². The molecule has 1 atom stereocenters. The first-order valence-electron chi connectivity index (χ1n) is 8.19. The minimum atomic E-state index is 0.366. The van der Waals surface area contributed by atoms with E-state index >= 15 is 0 Å². The molecule has 1 N–H and O–H groups in total. The maximum Gasteiger partial charge on any atom is 0.148 e. The zero-order valence-electron chi connectivity index (χ0n) is 13.4. The van der Waals surface area contributed by atoms with E-state index in [2.05, 4.69) is 61.4 Å². The van der Waals surface area contributed by atoms with Crippen molar-refractivity contribution in [2.45, 2.75) is 32.1 Å². The molecule has 0 spiro atoms. The van der Waals surface area contributed by atoms with E-state index in [1.54, 1.807) is 0 Å². The highest BCUT2D eigenvalue weighted by molar-refractivity contribution is 9.11. The largest absolute Gasteiger partial charge is 0.487 e. The molecular formula is C19H21Br2NO2. The van der Waals surface area contributed by atoms with Crippen LogP contribution in [0.2, 0.25) is 0 Å². The van der Waals surface area contributed by atoms with E-state index in [4.69, 9.17) is 9.47 Å². The molecule has 0 amide bonds. The van der Waals surface area contributed by atoms with Gasteiger partial charge in [0.25, 0.3) is 0 Å². The molecule has 24 heavy (non-hydrogen) atoms. The fourth-order valence-electron chi connectivity index (χ4n) is 2.76. The van der Waals surface area contributed by atoms with Gasteiger partial charge in [0.05, 0.1) is 15.0 Å². The van der Waals surface area contributed by atoms with E-state index in [1.165, 1.54) is 12.0 Å². The first kappa shape index (κ1) is 17.9. The summed E-state index contributed by atoms with van der Waals surface area (Å²) in [4.78, 5) is 0. The lowest BCUT2D eigenvalue weighted by Gasteiger charge is -2.14. The van der Waals surface area contributed by atoms with Crippen LogP contribution >= 0.6 is 31.9 Å². The van der Waals surface area contributed by atoms with Crippen molar-refractivity contribution in [1.82, 2.24) is 5.32 Å². The summed E-state index contributed by atoms with van der Waals surface area (Å²) in [6.45, 7) is 3.17. The summed E-state index contributed by atoms with van der Waals surface area (Å²) in [5.41, 5.74) is 2.36. The van der Waals surface area contributed by atoms with Crippen molar-refractivity contribution >= 4 is 31.9 Å². The fourth-order valence-corrected chi connectivity index (χ4v) is 4.28. The molecule has 0 aliphatic carbocycles. The van der Waals surface area contributed by atoms with Gasteiger partial charge < -0.3 is 14.8 Å². The maximum absolute atomic E-state index is 5.96. The summed E-state index contributed by atoms with van der Waals surface area (Å²) >= 11 is 7.24. The fraction of sp³-hybridized carbons (Fsp3) is 0.368. The highest BCUT2D eigenvalue weighted by atomic mass is 79.9. The Hall–Kier alpha value is -0.880. The van der Waals surface area contributed by atoms with Crippen molar-refractivity contribution in [2.24, 2.45) is 0 Å². The highest BCUT2D eigenvalue weighted by Crippen LogP contribution is 2.35. The van der Waals surface area contributed by atoms with Crippen LogP contribution in [-0.4, -0.2) is 19.3 Å². The second-order valence-corrected chi connectivity index (χ2v) is 7.64. The quantitative estimate of drug-likeness (QED) is 0.634. The number of hydrogen-bond donors (Lipinski definition) is 1. The Labute approximate surface area is 160 Å². The van der Waals surface area contributed by atoms with E-state index in [0.717, 1.165) is 46.4 Å². The monoisotopic (exact) mass is 453 g/mol. The molecule has 1 unspecified atom stereocenters. The van der Waals surface area contributed by atoms with Crippen molar-refractivity contribution in [1.29, 1.82) is 0 Å². The van der Waals surface area contributed by atoms with E-state index < -0.39 is 0 Å². The number of ether oxygens (including phenoxy) is 2. The molecule has 3 nitrogen and oxygen atoms in total. The van der Waals surface area contributed by atoms with Gasteiger partial charge in [0, 0.05) is 19.7 Å². The van der Waals surface area contributed by atoms with Crippen LogP contribution in [0.4, 0.5) is 0 Å². The number of nitrogens with one attached hydrogen (secondary N) is 1. The number of hydrogen-bond acceptors (Lipinski definition) is 3. The first-order valence-corrected chi connectivity index (χ1v) is 9.78. The van der Waals surface area contributed by atoms with Crippen LogP contribution in [0.5, 0.6) is 5.75 Å². The van der Waals surface area contributed by atoms with Crippen LogP contribution in [0.1, 0.15) is 24.0 Å². The third-order valence-electron chi connectivity index (χ3n) is 4.01. The molecule has 1 saturated heterocycles. The third kappa shape index (κ3) is 5.06. The second-order valence-electron chi connectivity index (χ2n) is 5.93. The predicted molar refractivity (Wildman–Crippen MR) is 103 cm³/mol. The molecule has 0 aromatic heterocycles. The molecule has 0 radical (unpaired) electrons. The van der Waals surface area contributed by atoms with Crippen LogP contribution in [-0.2, 0) is 17.9 Å². The van der Waals surface area contributed by atoms with Gasteiger partial charge in [0.15, 0.2) is 0 Å². The molecule has 1 aliphatic heterocycles. The summed E-state index contributed by atoms with van der Waals surface area (Å²) < 4.78 is 13.5. The second kappa shape index (κ2) is 8.99. The lowest BCUT2D eigenvalue weighted by molar-refractivity contribution is 0.110. The Kier molecular flexibility index (Phi) is 6.72. The molecule has 1 fully saturated rings. The van der Waals surface area contributed by atoms with Gasteiger partial charge >= 0.3 is 0 Å². The zero-order chi connectivity index (χ0) is 16.8. The normalized spacial score (nSPS) is 17.2. The third-order valence-corrected chi connectivity index (χ3v) is 5.19. The number of rotatable bonds is 7. The maximum atomic E-state index is 5.96. The van der Waals surface area contributed by atoms with Gasteiger partial charge in [-0.15, -0.1) is 0 Å². The van der Waals surface area contributed by atoms with Crippen LogP contribution in [0.15, 0.2) is 51.4 Å². The van der Waals surface area contributed by atoms with E-state index in [-0.39, 0.29) is 0 Å². The van der Waals surface area contributed by atoms with Crippen LogP contribution in [0.25, 0.3) is 0 Å². The van der Waals surface area contributed by atoms with Crippen molar-refractivity contribution in [3.63, 3.8) is 0 Å². The van der Waals surface area contributed by atoms with Crippen molar-refractivity contribution in [2.75, 3.05) is 13.2 Å². The average molecular weight is 455 g/mol. The Morgan fingerprint density at radius 3 is 2.50 bits per heavy atom. The van der Waals surface area contributed by atoms with Crippen LogP contribution < -0.4 is 10.1 Å². The summed E-state index contributed by atoms with van der Waals surface area (Å²) in [6.07, 6.45) is 2.70. The molecule has 2 aromatic carbocycles. The number of halogens is 2. The lowest BCUT2D eigenvalue weighted by Crippen LogP contribution is -2.25. The molecule has 1 aliphatic rings. The molecule has 0 bridgehead atoms. The number of benzene rings is 2. The minimum Gasteiger partial charge on any atom is -0.487 e. The minimum absolute atomic E-state index is 0.366. The molecule has 0 saturated carbocycles. The molecule has 2 aromatic rings. The molecular weight excluding hydrogens is 434 g/mol. The van der Waals surface area contributed by atoms with Crippen LogP contribution in [0, 0.1) is 0 Å².